The Labute approximate surface area is 170 Å². The molecule has 0 unspecified atom stereocenters. The Bertz CT molecular complexity index is 1220. The predicted octanol–water partition coefficient (Wildman–Crippen LogP) is 3.45. The van der Waals surface area contributed by atoms with E-state index >= 15 is 0 Å². The van der Waals surface area contributed by atoms with E-state index in [4.69, 9.17) is 4.74 Å². The molecule has 3 heterocycles. The van der Waals surface area contributed by atoms with E-state index in [1.165, 1.54) is 0 Å². The fraction of sp³-hybridized carbons (Fsp3) is 0.273. The zero-order valence-electron chi connectivity index (χ0n) is 16.2. The summed E-state index contributed by atoms with van der Waals surface area (Å²) in [6, 6.07) is 9.06. The van der Waals surface area contributed by atoms with E-state index in [-0.39, 0.29) is 24.6 Å². The normalized spacial score (nSPS) is 17.7. The molecule has 0 radical (unpaired) electrons. The van der Waals surface area contributed by atoms with Crippen LogP contribution in [0.5, 0.6) is 0 Å². The maximum absolute atomic E-state index is 14.0. The quantitative estimate of drug-likeness (QED) is 0.667. The van der Waals surface area contributed by atoms with Crippen molar-refractivity contribution >= 4 is 16.8 Å². The zero-order valence-corrected chi connectivity index (χ0v) is 16.2. The lowest BCUT2D eigenvalue weighted by Crippen LogP contribution is -2.43. The van der Waals surface area contributed by atoms with E-state index in [1.54, 1.807) is 16.8 Å². The van der Waals surface area contributed by atoms with E-state index in [2.05, 4.69) is 4.98 Å². The van der Waals surface area contributed by atoms with Gasteiger partial charge in [-0.3, -0.25) is 4.79 Å². The number of fused-ring (bicyclic) bond motifs is 4. The molecule has 1 N–H and O–H groups in total. The fourth-order valence-electron chi connectivity index (χ4n) is 4.37. The smallest absolute Gasteiger partial charge is 0.320 e. The monoisotopic (exact) mass is 411 g/mol. The lowest BCUT2D eigenvalue weighted by molar-refractivity contribution is 0.0438. The number of carbonyl (C=O) groups excluding carboxylic acids is 1. The number of aromatic nitrogens is 1. The van der Waals surface area contributed by atoms with E-state index in [0.29, 0.717) is 29.7 Å². The first-order valence-corrected chi connectivity index (χ1v) is 9.64. The fourth-order valence-corrected chi connectivity index (χ4v) is 4.37. The Kier molecular flexibility index (Phi) is 4.32. The van der Waals surface area contributed by atoms with Gasteiger partial charge in [0.25, 0.3) is 5.56 Å². The van der Waals surface area contributed by atoms with Gasteiger partial charge in [0.1, 0.15) is 0 Å². The molecule has 8 heteroatoms. The number of pyridine rings is 1. The van der Waals surface area contributed by atoms with Crippen LogP contribution in [-0.4, -0.2) is 34.5 Å². The van der Waals surface area contributed by atoms with Gasteiger partial charge >= 0.3 is 6.03 Å². The van der Waals surface area contributed by atoms with Gasteiger partial charge in [-0.1, -0.05) is 24.3 Å². The highest BCUT2D eigenvalue weighted by molar-refractivity contribution is 5.87. The third-order valence-corrected chi connectivity index (χ3v) is 5.92. The van der Waals surface area contributed by atoms with Crippen LogP contribution >= 0.6 is 0 Å². The van der Waals surface area contributed by atoms with Crippen molar-refractivity contribution in [3.05, 3.63) is 80.8 Å². The van der Waals surface area contributed by atoms with Crippen molar-refractivity contribution in [2.75, 3.05) is 13.7 Å². The summed E-state index contributed by atoms with van der Waals surface area (Å²) in [5, 5.41) is 0.347. The number of benzene rings is 2. The van der Waals surface area contributed by atoms with Crippen LogP contribution in [0.1, 0.15) is 28.4 Å². The summed E-state index contributed by atoms with van der Waals surface area (Å²) in [7, 11) is 1.66. The lowest BCUT2D eigenvalue weighted by Gasteiger charge is -2.35. The Morgan fingerprint density at radius 3 is 2.43 bits per heavy atom. The third-order valence-electron chi connectivity index (χ3n) is 5.92. The summed E-state index contributed by atoms with van der Waals surface area (Å²) in [5.74, 6) is -2.12. The topological polar surface area (TPSA) is 65.6 Å². The van der Waals surface area contributed by atoms with Crippen LogP contribution in [0.2, 0.25) is 0 Å². The molecule has 2 aromatic carbocycles. The van der Waals surface area contributed by atoms with Crippen LogP contribution in [0.15, 0.2) is 41.2 Å². The minimum atomic E-state index is -1.09. The van der Waals surface area contributed by atoms with Crippen LogP contribution < -0.4 is 5.56 Å². The number of urea groups is 1. The predicted molar refractivity (Wildman–Crippen MR) is 106 cm³/mol. The van der Waals surface area contributed by atoms with Crippen LogP contribution in [0.25, 0.3) is 10.8 Å². The molecule has 2 aliphatic heterocycles. The van der Waals surface area contributed by atoms with Crippen molar-refractivity contribution in [1.29, 1.82) is 0 Å². The molecule has 3 aromatic rings. The lowest BCUT2D eigenvalue weighted by atomic mass is 9.95. The second-order valence-corrected chi connectivity index (χ2v) is 7.71. The number of likely N-dealkylation sites (N-methyl/N-ethyl adjacent to an activating group) is 1. The molecule has 6 nitrogen and oxygen atoms in total. The average molecular weight is 411 g/mol. The molecule has 0 fully saturated rings. The maximum Gasteiger partial charge on any atom is 0.320 e. The first kappa shape index (κ1) is 18.7. The molecule has 2 amide bonds. The van der Waals surface area contributed by atoms with Crippen LogP contribution in [0.4, 0.5) is 13.6 Å². The van der Waals surface area contributed by atoms with Gasteiger partial charge < -0.3 is 19.5 Å². The number of nitrogens with one attached hydrogen (secondary N) is 1. The molecule has 0 spiro atoms. The minimum absolute atomic E-state index is 0.0500. The van der Waals surface area contributed by atoms with Gasteiger partial charge in [-0.15, -0.1) is 0 Å². The molecule has 154 valence electrons. The molecule has 0 saturated heterocycles. The summed E-state index contributed by atoms with van der Waals surface area (Å²) in [6.07, 6.45) is 0. The highest BCUT2D eigenvalue weighted by atomic mass is 19.2. The highest BCUT2D eigenvalue weighted by Gasteiger charge is 2.34. The van der Waals surface area contributed by atoms with Crippen molar-refractivity contribution in [2.24, 2.45) is 0 Å². The Morgan fingerprint density at radius 1 is 1.13 bits per heavy atom. The molecule has 2 aliphatic rings. The van der Waals surface area contributed by atoms with Gasteiger partial charge in [-0.2, -0.15) is 0 Å². The van der Waals surface area contributed by atoms with Crippen molar-refractivity contribution in [2.45, 2.75) is 25.7 Å². The van der Waals surface area contributed by atoms with E-state index in [0.717, 1.165) is 23.3 Å². The Hall–Kier alpha value is -3.26. The summed E-state index contributed by atoms with van der Waals surface area (Å²) in [4.78, 5) is 31.6. The van der Waals surface area contributed by atoms with Gasteiger partial charge in [0.15, 0.2) is 11.6 Å². The standard InChI is InChI=1S/C22H19F2N3O3/c1-26(22(29)27-8-12-4-2-3-5-13(12)9-27)19-11-30-10-18-20(19)14-6-16(23)17(24)7-15(14)21(28)25-18/h2-7,19H,8-11H2,1H3,(H,25,28)/t19-/m1/s1. The second kappa shape index (κ2) is 6.91. The SMILES string of the molecule is CN(C(=O)N1Cc2ccccc2C1)[C@@H]1COCc2[nH]c(=O)c3cc(F)c(F)cc3c21. The van der Waals surface area contributed by atoms with Crippen LogP contribution in [0, 0.1) is 11.6 Å². The van der Waals surface area contributed by atoms with Gasteiger partial charge in [0.05, 0.1) is 24.6 Å². The van der Waals surface area contributed by atoms with E-state index in [9.17, 15) is 18.4 Å². The van der Waals surface area contributed by atoms with E-state index < -0.39 is 23.2 Å². The number of hydrogen-bond acceptors (Lipinski definition) is 3. The van der Waals surface area contributed by atoms with E-state index in [1.807, 2.05) is 24.3 Å². The largest absolute Gasteiger partial charge is 0.373 e. The summed E-state index contributed by atoms with van der Waals surface area (Å²) in [5.41, 5.74) is 2.75. The number of H-pyrrole nitrogens is 1. The summed E-state index contributed by atoms with van der Waals surface area (Å²) < 4.78 is 33.4. The molecule has 1 atom stereocenters. The Balaban J connectivity index is 1.54. The average Bonchev–Trinajstić information content (AvgIpc) is 3.18. The molecule has 0 aliphatic carbocycles. The Morgan fingerprint density at radius 2 is 1.77 bits per heavy atom. The van der Waals surface area contributed by atoms with Crippen molar-refractivity contribution in [3.63, 3.8) is 0 Å². The number of amides is 2. The zero-order chi connectivity index (χ0) is 21.0. The van der Waals surface area contributed by atoms with Crippen LogP contribution in [0.3, 0.4) is 0 Å². The maximum atomic E-state index is 14.0. The van der Waals surface area contributed by atoms with Crippen LogP contribution in [-0.2, 0) is 24.4 Å². The van der Waals surface area contributed by atoms with Crippen molar-refractivity contribution in [1.82, 2.24) is 14.8 Å². The third kappa shape index (κ3) is 2.87. The summed E-state index contributed by atoms with van der Waals surface area (Å²) >= 11 is 0. The molecular weight excluding hydrogens is 392 g/mol. The second-order valence-electron chi connectivity index (χ2n) is 7.71. The number of carbonyl (C=O) groups is 1. The summed E-state index contributed by atoms with van der Waals surface area (Å²) in [6.45, 7) is 1.33. The van der Waals surface area contributed by atoms with Gasteiger partial charge in [0, 0.05) is 31.4 Å². The van der Waals surface area contributed by atoms with Gasteiger partial charge in [0.2, 0.25) is 0 Å². The number of halogens is 2. The molecule has 0 bridgehead atoms. The molecule has 0 saturated carbocycles. The number of ether oxygens (including phenoxy) is 1. The van der Waals surface area contributed by atoms with Gasteiger partial charge in [-0.05, 0) is 28.6 Å². The highest BCUT2D eigenvalue weighted by Crippen LogP contribution is 2.35. The molecule has 1 aromatic heterocycles. The number of aromatic amines is 1. The molecular formula is C22H19F2N3O3. The first-order chi connectivity index (χ1) is 14.4. The number of nitrogens with zero attached hydrogens (tertiary/aromatic N) is 2. The van der Waals surface area contributed by atoms with Gasteiger partial charge in [-0.25, -0.2) is 13.6 Å². The first-order valence-electron chi connectivity index (χ1n) is 9.64. The van der Waals surface area contributed by atoms with Crippen molar-refractivity contribution in [3.8, 4) is 0 Å². The molecule has 30 heavy (non-hydrogen) atoms. The van der Waals surface area contributed by atoms with Crippen molar-refractivity contribution < 1.29 is 18.3 Å². The molecule has 5 rings (SSSR count). The number of hydrogen-bond donors (Lipinski definition) is 1. The number of rotatable bonds is 1. The minimum Gasteiger partial charge on any atom is -0.373 e.